The van der Waals surface area contributed by atoms with E-state index in [2.05, 4.69) is 5.32 Å². The van der Waals surface area contributed by atoms with Gasteiger partial charge in [-0.25, -0.2) is 4.39 Å². The van der Waals surface area contributed by atoms with E-state index < -0.39 is 17.8 Å². The summed E-state index contributed by atoms with van der Waals surface area (Å²) >= 11 is 5.72. The highest BCUT2D eigenvalue weighted by atomic mass is 35.5. The smallest absolute Gasteiger partial charge is 0.323 e. The third-order valence-corrected chi connectivity index (χ3v) is 4.44. The second-order valence-electron chi connectivity index (χ2n) is 6.02. The first-order chi connectivity index (χ1) is 12.5. The number of morpholine rings is 1. The molecule has 1 fully saturated rings. The Bertz CT molecular complexity index is 801. The van der Waals surface area contributed by atoms with E-state index in [-0.39, 0.29) is 17.4 Å². The van der Waals surface area contributed by atoms with Gasteiger partial charge in [-0.3, -0.25) is 14.5 Å². The Hall–Kier alpha value is -2.44. The Morgan fingerprint density at radius 3 is 2.77 bits per heavy atom. The van der Waals surface area contributed by atoms with Crippen LogP contribution in [0.3, 0.4) is 0 Å². The summed E-state index contributed by atoms with van der Waals surface area (Å²) in [5.74, 6) is -1.34. The largest absolute Gasteiger partial charge is 0.463 e. The molecule has 1 unspecified atom stereocenters. The molecule has 0 spiro atoms. The zero-order valence-electron chi connectivity index (χ0n) is 14.0. The summed E-state index contributed by atoms with van der Waals surface area (Å²) < 4.78 is 18.3. The second-order valence-corrected chi connectivity index (χ2v) is 6.43. The van der Waals surface area contributed by atoms with Gasteiger partial charge < -0.3 is 10.1 Å². The Morgan fingerprint density at radius 2 is 2.04 bits per heavy atom. The standard InChI is InChI=1S/C19H18ClFN2O3/c20-15-10-14(6-7-16(15)21)22-18(24)11-17-19(25)26-9-8-23(17)12-13-4-2-1-3-5-13/h1-7,10,17H,8-9,11-12H2,(H,22,24). The maximum Gasteiger partial charge on any atom is 0.323 e. The molecule has 0 aromatic heterocycles. The van der Waals surface area contributed by atoms with E-state index in [1.54, 1.807) is 0 Å². The number of cyclic esters (lactones) is 1. The summed E-state index contributed by atoms with van der Waals surface area (Å²) in [5, 5.41) is 2.56. The number of rotatable bonds is 5. The van der Waals surface area contributed by atoms with Crippen LogP contribution in [0.5, 0.6) is 0 Å². The van der Waals surface area contributed by atoms with Crippen molar-refractivity contribution in [1.82, 2.24) is 4.90 Å². The molecule has 5 nitrogen and oxygen atoms in total. The highest BCUT2D eigenvalue weighted by molar-refractivity contribution is 6.31. The lowest BCUT2D eigenvalue weighted by atomic mass is 10.1. The molecule has 3 rings (SSSR count). The summed E-state index contributed by atoms with van der Waals surface area (Å²) in [6.07, 6.45) is -0.0549. The van der Waals surface area contributed by atoms with Crippen LogP contribution in [0.25, 0.3) is 0 Å². The van der Waals surface area contributed by atoms with E-state index in [9.17, 15) is 14.0 Å². The van der Waals surface area contributed by atoms with Crippen molar-refractivity contribution >= 4 is 29.2 Å². The van der Waals surface area contributed by atoms with Crippen molar-refractivity contribution < 1.29 is 18.7 Å². The van der Waals surface area contributed by atoms with Gasteiger partial charge in [0, 0.05) is 18.8 Å². The molecule has 0 saturated carbocycles. The van der Waals surface area contributed by atoms with Crippen molar-refractivity contribution in [3.05, 3.63) is 64.9 Å². The Balaban J connectivity index is 1.66. The van der Waals surface area contributed by atoms with E-state index in [0.717, 1.165) is 5.56 Å². The van der Waals surface area contributed by atoms with Crippen molar-refractivity contribution in [2.75, 3.05) is 18.5 Å². The van der Waals surface area contributed by atoms with Crippen LogP contribution >= 0.6 is 11.6 Å². The molecule has 0 radical (unpaired) electrons. The summed E-state index contributed by atoms with van der Waals surface area (Å²) in [6, 6.07) is 13.0. The minimum atomic E-state index is -0.667. The monoisotopic (exact) mass is 376 g/mol. The molecule has 136 valence electrons. The second kappa shape index (κ2) is 8.29. The fourth-order valence-corrected chi connectivity index (χ4v) is 3.03. The lowest BCUT2D eigenvalue weighted by molar-refractivity contribution is -0.159. The molecule has 1 N–H and O–H groups in total. The number of nitrogens with one attached hydrogen (secondary N) is 1. The summed E-state index contributed by atoms with van der Waals surface area (Å²) in [5.41, 5.74) is 1.43. The number of halogens is 2. The first-order valence-electron chi connectivity index (χ1n) is 8.22. The van der Waals surface area contributed by atoms with Gasteiger partial charge in [-0.2, -0.15) is 0 Å². The number of carbonyl (C=O) groups is 2. The first-order valence-corrected chi connectivity index (χ1v) is 8.60. The van der Waals surface area contributed by atoms with Crippen LogP contribution in [0.2, 0.25) is 5.02 Å². The number of carbonyl (C=O) groups excluding carboxylic acids is 2. The first kappa shape index (κ1) is 18.4. The molecule has 26 heavy (non-hydrogen) atoms. The number of benzene rings is 2. The Labute approximate surface area is 155 Å². The predicted octanol–water partition coefficient (Wildman–Crippen LogP) is 3.24. The van der Waals surface area contributed by atoms with Crippen molar-refractivity contribution in [2.24, 2.45) is 0 Å². The van der Waals surface area contributed by atoms with Gasteiger partial charge in [0.25, 0.3) is 0 Å². The maximum atomic E-state index is 13.2. The zero-order valence-corrected chi connectivity index (χ0v) is 14.7. The van der Waals surface area contributed by atoms with Crippen LogP contribution in [0, 0.1) is 5.82 Å². The van der Waals surface area contributed by atoms with Gasteiger partial charge >= 0.3 is 5.97 Å². The molecule has 7 heteroatoms. The topological polar surface area (TPSA) is 58.6 Å². The summed E-state index contributed by atoms with van der Waals surface area (Å²) in [4.78, 5) is 26.4. The number of anilines is 1. The van der Waals surface area contributed by atoms with Crippen LogP contribution in [-0.4, -0.2) is 36.0 Å². The van der Waals surface area contributed by atoms with Crippen molar-refractivity contribution in [3.63, 3.8) is 0 Å². The summed E-state index contributed by atoms with van der Waals surface area (Å²) in [7, 11) is 0. The normalized spacial score (nSPS) is 17.6. The molecule has 1 aliphatic heterocycles. The highest BCUT2D eigenvalue weighted by Crippen LogP contribution is 2.21. The fraction of sp³-hybridized carbons (Fsp3) is 0.263. The quantitative estimate of drug-likeness (QED) is 0.814. The van der Waals surface area contributed by atoms with E-state index >= 15 is 0 Å². The average Bonchev–Trinajstić information content (AvgIpc) is 2.62. The molecule has 1 heterocycles. The molecule has 1 atom stereocenters. The van der Waals surface area contributed by atoms with Crippen LogP contribution in [0.1, 0.15) is 12.0 Å². The number of hydrogen-bond acceptors (Lipinski definition) is 4. The molecule has 1 amide bonds. The number of nitrogens with zero attached hydrogens (tertiary/aromatic N) is 1. The molecular formula is C19H18ClFN2O3. The van der Waals surface area contributed by atoms with Gasteiger partial charge in [0.1, 0.15) is 18.5 Å². The van der Waals surface area contributed by atoms with Gasteiger partial charge in [-0.1, -0.05) is 41.9 Å². The van der Waals surface area contributed by atoms with Crippen molar-refractivity contribution in [3.8, 4) is 0 Å². The third kappa shape index (κ3) is 4.59. The molecule has 1 saturated heterocycles. The minimum Gasteiger partial charge on any atom is -0.463 e. The van der Waals surface area contributed by atoms with Gasteiger partial charge in [-0.05, 0) is 23.8 Å². The molecule has 0 aliphatic carbocycles. The molecule has 2 aromatic carbocycles. The van der Waals surface area contributed by atoms with Gasteiger partial charge in [0.15, 0.2) is 0 Å². The molecule has 1 aliphatic rings. The summed E-state index contributed by atoms with van der Waals surface area (Å²) in [6.45, 7) is 1.41. The number of hydrogen-bond donors (Lipinski definition) is 1. The van der Waals surface area contributed by atoms with E-state index in [1.807, 2.05) is 35.2 Å². The SMILES string of the molecule is O=C(CC1C(=O)OCCN1Cc1ccccc1)Nc1ccc(F)c(Cl)c1. The average molecular weight is 377 g/mol. The predicted molar refractivity (Wildman–Crippen MR) is 96.3 cm³/mol. The fourth-order valence-electron chi connectivity index (χ4n) is 2.85. The molecule has 0 bridgehead atoms. The lowest BCUT2D eigenvalue weighted by Crippen LogP contribution is -2.49. The minimum absolute atomic E-state index is 0.0549. The zero-order chi connectivity index (χ0) is 18.5. The van der Waals surface area contributed by atoms with Crippen molar-refractivity contribution in [1.29, 1.82) is 0 Å². The van der Waals surface area contributed by atoms with E-state index in [1.165, 1.54) is 18.2 Å². The van der Waals surface area contributed by atoms with Crippen LogP contribution < -0.4 is 5.32 Å². The van der Waals surface area contributed by atoms with Crippen LogP contribution in [-0.2, 0) is 20.9 Å². The lowest BCUT2D eigenvalue weighted by Gasteiger charge is -2.33. The Kier molecular flexibility index (Phi) is 5.85. The van der Waals surface area contributed by atoms with Crippen molar-refractivity contribution in [2.45, 2.75) is 19.0 Å². The van der Waals surface area contributed by atoms with E-state index in [4.69, 9.17) is 16.3 Å². The number of ether oxygens (including phenoxy) is 1. The Morgan fingerprint density at radius 1 is 1.27 bits per heavy atom. The number of amides is 1. The van der Waals surface area contributed by atoms with Crippen LogP contribution in [0.4, 0.5) is 10.1 Å². The third-order valence-electron chi connectivity index (χ3n) is 4.15. The highest BCUT2D eigenvalue weighted by Gasteiger charge is 2.33. The molecule has 2 aromatic rings. The molecular weight excluding hydrogens is 359 g/mol. The van der Waals surface area contributed by atoms with Crippen LogP contribution in [0.15, 0.2) is 48.5 Å². The van der Waals surface area contributed by atoms with Gasteiger partial charge in [-0.15, -0.1) is 0 Å². The van der Waals surface area contributed by atoms with E-state index in [0.29, 0.717) is 25.4 Å². The van der Waals surface area contributed by atoms with Gasteiger partial charge in [0.2, 0.25) is 5.91 Å². The van der Waals surface area contributed by atoms with Gasteiger partial charge in [0.05, 0.1) is 11.4 Å². The maximum absolute atomic E-state index is 13.2. The number of esters is 1.